The molecular formula is C13H22N2O4. The Balaban J connectivity index is 2.19. The molecule has 6 nitrogen and oxygen atoms in total. The van der Waals surface area contributed by atoms with Crippen molar-refractivity contribution in [3.63, 3.8) is 0 Å². The third-order valence-corrected chi connectivity index (χ3v) is 3.07. The summed E-state index contributed by atoms with van der Waals surface area (Å²) in [5.74, 6) is -0.955. The van der Waals surface area contributed by atoms with E-state index in [1.165, 1.54) is 12.8 Å². The molecule has 0 aromatic heterocycles. The molecule has 6 heteroatoms. The number of rotatable bonds is 7. The van der Waals surface area contributed by atoms with Gasteiger partial charge in [-0.1, -0.05) is 19.8 Å². The molecule has 108 valence electrons. The van der Waals surface area contributed by atoms with Crippen molar-refractivity contribution in [3.05, 3.63) is 0 Å². The number of hydrogen-bond donors (Lipinski definition) is 3. The van der Waals surface area contributed by atoms with E-state index in [-0.39, 0.29) is 24.8 Å². The maximum atomic E-state index is 11.5. The number of imide groups is 1. The lowest BCUT2D eigenvalue weighted by molar-refractivity contribution is -0.138. The second-order valence-corrected chi connectivity index (χ2v) is 5.51. The Kier molecular flexibility index (Phi) is 5.79. The van der Waals surface area contributed by atoms with Crippen LogP contribution in [0, 0.1) is 11.8 Å². The Bertz CT molecular complexity index is 353. The lowest BCUT2D eigenvalue weighted by atomic mass is 10.0. The van der Waals surface area contributed by atoms with Gasteiger partial charge in [0.1, 0.15) is 0 Å². The Labute approximate surface area is 112 Å². The lowest BCUT2D eigenvalue weighted by Gasteiger charge is -2.14. The van der Waals surface area contributed by atoms with E-state index in [4.69, 9.17) is 5.11 Å². The highest BCUT2D eigenvalue weighted by molar-refractivity contribution is 5.94. The van der Waals surface area contributed by atoms with Crippen molar-refractivity contribution in [1.29, 1.82) is 0 Å². The van der Waals surface area contributed by atoms with Gasteiger partial charge >= 0.3 is 12.0 Å². The Morgan fingerprint density at radius 1 is 1.21 bits per heavy atom. The Morgan fingerprint density at radius 3 is 2.37 bits per heavy atom. The molecule has 0 aliphatic heterocycles. The molecule has 1 fully saturated rings. The van der Waals surface area contributed by atoms with E-state index in [2.05, 4.69) is 10.6 Å². The van der Waals surface area contributed by atoms with Crippen LogP contribution in [0.15, 0.2) is 0 Å². The van der Waals surface area contributed by atoms with Gasteiger partial charge in [0, 0.05) is 18.9 Å². The molecule has 3 amide bonds. The maximum absolute atomic E-state index is 11.5. The monoisotopic (exact) mass is 270 g/mol. The quantitative estimate of drug-likeness (QED) is 0.653. The second kappa shape index (κ2) is 7.11. The maximum Gasteiger partial charge on any atom is 0.321 e. The van der Waals surface area contributed by atoms with Crippen molar-refractivity contribution >= 4 is 17.9 Å². The minimum Gasteiger partial charge on any atom is -0.481 e. The van der Waals surface area contributed by atoms with E-state index in [1.54, 1.807) is 6.92 Å². The first kappa shape index (κ1) is 15.5. The van der Waals surface area contributed by atoms with Crippen LogP contribution in [-0.4, -0.2) is 29.1 Å². The SMILES string of the molecule is CC(CC(=O)O)CC(=O)NC(=O)NC(C)CC1CC1. The average Bonchev–Trinajstić information content (AvgIpc) is 2.98. The molecule has 0 saturated heterocycles. The van der Waals surface area contributed by atoms with Crippen molar-refractivity contribution in [2.75, 3.05) is 0 Å². The molecule has 2 unspecified atom stereocenters. The smallest absolute Gasteiger partial charge is 0.321 e. The van der Waals surface area contributed by atoms with Gasteiger partial charge in [0.2, 0.25) is 5.91 Å². The van der Waals surface area contributed by atoms with Crippen molar-refractivity contribution in [2.24, 2.45) is 11.8 Å². The van der Waals surface area contributed by atoms with Crippen molar-refractivity contribution in [1.82, 2.24) is 10.6 Å². The number of carbonyl (C=O) groups is 3. The fourth-order valence-corrected chi connectivity index (χ4v) is 2.04. The average molecular weight is 270 g/mol. The molecule has 1 rings (SSSR count). The third-order valence-electron chi connectivity index (χ3n) is 3.07. The Morgan fingerprint density at radius 2 is 1.84 bits per heavy atom. The third kappa shape index (κ3) is 7.43. The topological polar surface area (TPSA) is 95.5 Å². The van der Waals surface area contributed by atoms with Crippen LogP contribution in [0.5, 0.6) is 0 Å². The number of carboxylic acids is 1. The number of hydrogen-bond acceptors (Lipinski definition) is 3. The largest absolute Gasteiger partial charge is 0.481 e. The molecule has 1 aliphatic carbocycles. The van der Waals surface area contributed by atoms with Crippen LogP contribution >= 0.6 is 0 Å². The van der Waals surface area contributed by atoms with Gasteiger partial charge in [0.05, 0.1) is 0 Å². The zero-order chi connectivity index (χ0) is 14.4. The summed E-state index contributed by atoms with van der Waals surface area (Å²) in [6.45, 7) is 3.58. The molecule has 0 spiro atoms. The fraction of sp³-hybridized carbons (Fsp3) is 0.769. The highest BCUT2D eigenvalue weighted by Crippen LogP contribution is 2.33. The standard InChI is InChI=1S/C13H22N2O4/c1-8(6-12(17)18)5-11(16)15-13(19)14-9(2)7-10-3-4-10/h8-10H,3-7H2,1-2H3,(H,17,18)(H2,14,15,16,19). The first-order valence-corrected chi connectivity index (χ1v) is 6.69. The van der Waals surface area contributed by atoms with Crippen LogP contribution in [0.3, 0.4) is 0 Å². The van der Waals surface area contributed by atoms with E-state index in [0.717, 1.165) is 6.42 Å². The molecule has 19 heavy (non-hydrogen) atoms. The molecule has 1 aliphatic rings. The van der Waals surface area contributed by atoms with Gasteiger partial charge in [0.15, 0.2) is 0 Å². The summed E-state index contributed by atoms with van der Waals surface area (Å²) in [6.07, 6.45) is 3.35. The number of carboxylic acid groups (broad SMARTS) is 1. The summed E-state index contributed by atoms with van der Waals surface area (Å²) in [4.78, 5) is 33.5. The summed E-state index contributed by atoms with van der Waals surface area (Å²) in [6, 6.07) is -0.447. The van der Waals surface area contributed by atoms with Crippen LogP contribution in [-0.2, 0) is 9.59 Å². The van der Waals surface area contributed by atoms with Gasteiger partial charge in [0.25, 0.3) is 0 Å². The molecule has 0 radical (unpaired) electrons. The van der Waals surface area contributed by atoms with Crippen LogP contribution in [0.1, 0.15) is 46.0 Å². The molecule has 0 bridgehead atoms. The van der Waals surface area contributed by atoms with Crippen LogP contribution < -0.4 is 10.6 Å². The van der Waals surface area contributed by atoms with Crippen molar-refractivity contribution < 1.29 is 19.5 Å². The van der Waals surface area contributed by atoms with Gasteiger partial charge in [-0.2, -0.15) is 0 Å². The van der Waals surface area contributed by atoms with Crippen molar-refractivity contribution in [3.8, 4) is 0 Å². The number of carbonyl (C=O) groups excluding carboxylic acids is 2. The van der Waals surface area contributed by atoms with Gasteiger partial charge < -0.3 is 10.4 Å². The molecule has 0 aromatic carbocycles. The van der Waals surface area contributed by atoms with Gasteiger partial charge in [-0.3, -0.25) is 14.9 Å². The summed E-state index contributed by atoms with van der Waals surface area (Å²) in [5.41, 5.74) is 0. The minimum absolute atomic E-state index is 0.0384. The van der Waals surface area contributed by atoms with Crippen LogP contribution in [0.2, 0.25) is 0 Å². The number of aliphatic carboxylic acids is 1. The summed E-state index contributed by atoms with van der Waals surface area (Å²) >= 11 is 0. The number of nitrogens with one attached hydrogen (secondary N) is 2. The van der Waals surface area contributed by atoms with Gasteiger partial charge in [-0.25, -0.2) is 4.79 Å². The first-order valence-electron chi connectivity index (χ1n) is 6.69. The second-order valence-electron chi connectivity index (χ2n) is 5.51. The van der Waals surface area contributed by atoms with Gasteiger partial charge in [-0.05, 0) is 25.2 Å². The molecule has 1 saturated carbocycles. The predicted octanol–water partition coefficient (Wildman–Crippen LogP) is 1.50. The minimum atomic E-state index is -0.942. The van der Waals surface area contributed by atoms with E-state index < -0.39 is 17.9 Å². The Hall–Kier alpha value is -1.59. The number of urea groups is 1. The molecule has 0 heterocycles. The highest BCUT2D eigenvalue weighted by Gasteiger charge is 2.24. The molecule has 0 aromatic rings. The predicted molar refractivity (Wildman–Crippen MR) is 69.5 cm³/mol. The zero-order valence-corrected chi connectivity index (χ0v) is 11.4. The lowest BCUT2D eigenvalue weighted by Crippen LogP contribution is -2.44. The fourth-order valence-electron chi connectivity index (χ4n) is 2.04. The highest BCUT2D eigenvalue weighted by atomic mass is 16.4. The van der Waals surface area contributed by atoms with E-state index in [9.17, 15) is 14.4 Å². The summed E-state index contributed by atoms with van der Waals surface area (Å²) < 4.78 is 0. The van der Waals surface area contributed by atoms with E-state index in [0.29, 0.717) is 5.92 Å². The van der Waals surface area contributed by atoms with Crippen LogP contribution in [0.25, 0.3) is 0 Å². The normalized spacial score (nSPS) is 17.4. The first-order chi connectivity index (χ1) is 8.86. The zero-order valence-electron chi connectivity index (χ0n) is 11.4. The molecule has 3 N–H and O–H groups in total. The van der Waals surface area contributed by atoms with E-state index >= 15 is 0 Å². The van der Waals surface area contributed by atoms with E-state index in [1.807, 2.05) is 6.92 Å². The molecule has 2 atom stereocenters. The summed E-state index contributed by atoms with van der Waals surface area (Å²) in [7, 11) is 0. The summed E-state index contributed by atoms with van der Waals surface area (Å²) in [5, 5.41) is 13.5. The van der Waals surface area contributed by atoms with Gasteiger partial charge in [-0.15, -0.1) is 0 Å². The van der Waals surface area contributed by atoms with Crippen LogP contribution in [0.4, 0.5) is 4.79 Å². The molecular weight excluding hydrogens is 248 g/mol. The van der Waals surface area contributed by atoms with Crippen molar-refractivity contribution in [2.45, 2.75) is 52.0 Å². The number of amides is 3.